The van der Waals surface area contributed by atoms with Gasteiger partial charge in [0.05, 0.1) is 23.9 Å². The van der Waals surface area contributed by atoms with Crippen molar-refractivity contribution in [2.75, 3.05) is 11.9 Å². The second-order valence-electron chi connectivity index (χ2n) is 7.60. The first-order chi connectivity index (χ1) is 16.5. The zero-order valence-electron chi connectivity index (χ0n) is 18.6. The standard InChI is InChI=1S/C27H23FN2O4/c1-2-3-16-33-27(32)19-10-14-21(15-11-19)30-25(31)22-6-4-5-7-23(22)26-29-17-24(34-26)18-8-12-20(28)13-9-18/h4-15,17H,2-3,16H2,1H3,(H,30,31). The van der Waals surface area contributed by atoms with E-state index in [9.17, 15) is 14.0 Å². The number of hydrogen-bond donors (Lipinski definition) is 1. The van der Waals surface area contributed by atoms with Gasteiger partial charge < -0.3 is 14.5 Å². The first-order valence-electron chi connectivity index (χ1n) is 10.9. The normalized spacial score (nSPS) is 10.6. The molecule has 0 fully saturated rings. The molecule has 4 aromatic rings. The molecule has 1 aromatic heterocycles. The molecule has 3 aromatic carbocycles. The minimum atomic E-state index is -0.391. The van der Waals surface area contributed by atoms with Crippen molar-refractivity contribution in [1.82, 2.24) is 4.98 Å². The molecule has 0 aliphatic heterocycles. The van der Waals surface area contributed by atoms with E-state index in [0.29, 0.717) is 40.3 Å². The van der Waals surface area contributed by atoms with Crippen LogP contribution in [0.3, 0.4) is 0 Å². The summed E-state index contributed by atoms with van der Waals surface area (Å²) in [7, 11) is 0. The Kier molecular flexibility index (Phi) is 7.13. The number of rotatable bonds is 8. The highest BCUT2D eigenvalue weighted by Gasteiger charge is 2.17. The SMILES string of the molecule is CCCCOC(=O)c1ccc(NC(=O)c2ccccc2-c2ncc(-c3ccc(F)cc3)o2)cc1. The van der Waals surface area contributed by atoms with E-state index in [2.05, 4.69) is 10.3 Å². The molecular formula is C27H23FN2O4. The van der Waals surface area contributed by atoms with Crippen LogP contribution in [0.25, 0.3) is 22.8 Å². The lowest BCUT2D eigenvalue weighted by molar-refractivity contribution is 0.0499. The van der Waals surface area contributed by atoms with Crippen LogP contribution in [-0.4, -0.2) is 23.5 Å². The third-order valence-corrected chi connectivity index (χ3v) is 5.15. The summed E-state index contributed by atoms with van der Waals surface area (Å²) in [5.41, 5.74) is 2.52. The number of halogens is 1. The summed E-state index contributed by atoms with van der Waals surface area (Å²) in [6.45, 7) is 2.41. The second-order valence-corrected chi connectivity index (χ2v) is 7.60. The van der Waals surface area contributed by atoms with Crippen molar-refractivity contribution >= 4 is 17.6 Å². The van der Waals surface area contributed by atoms with Gasteiger partial charge in [0, 0.05) is 16.8 Å². The van der Waals surface area contributed by atoms with Gasteiger partial charge in [-0.05, 0) is 67.1 Å². The van der Waals surface area contributed by atoms with E-state index in [4.69, 9.17) is 9.15 Å². The highest BCUT2D eigenvalue weighted by Crippen LogP contribution is 2.29. The molecule has 0 unspecified atom stereocenters. The van der Waals surface area contributed by atoms with E-state index in [0.717, 1.165) is 12.8 Å². The van der Waals surface area contributed by atoms with Crippen molar-refractivity contribution < 1.29 is 23.1 Å². The van der Waals surface area contributed by atoms with Crippen LogP contribution in [0.1, 0.15) is 40.5 Å². The van der Waals surface area contributed by atoms with Crippen molar-refractivity contribution in [2.24, 2.45) is 0 Å². The number of carbonyl (C=O) groups is 2. The van der Waals surface area contributed by atoms with Crippen molar-refractivity contribution in [3.8, 4) is 22.8 Å². The Morgan fingerprint density at radius 2 is 1.74 bits per heavy atom. The average Bonchev–Trinajstić information content (AvgIpc) is 3.35. The van der Waals surface area contributed by atoms with E-state index in [1.54, 1.807) is 60.7 Å². The van der Waals surface area contributed by atoms with Crippen LogP contribution in [0.4, 0.5) is 10.1 Å². The summed E-state index contributed by atoms with van der Waals surface area (Å²) in [5.74, 6) is -0.346. The number of unbranched alkanes of at least 4 members (excludes halogenated alkanes) is 1. The maximum atomic E-state index is 13.2. The van der Waals surface area contributed by atoms with Crippen LogP contribution < -0.4 is 5.32 Å². The Bertz CT molecular complexity index is 1280. The number of amides is 1. The summed E-state index contributed by atoms with van der Waals surface area (Å²) in [4.78, 5) is 29.4. The predicted molar refractivity (Wildman–Crippen MR) is 127 cm³/mol. The van der Waals surface area contributed by atoms with Gasteiger partial charge in [0.2, 0.25) is 5.89 Å². The van der Waals surface area contributed by atoms with E-state index in [1.807, 2.05) is 6.92 Å². The molecule has 1 heterocycles. The lowest BCUT2D eigenvalue weighted by Gasteiger charge is -2.09. The highest BCUT2D eigenvalue weighted by molar-refractivity contribution is 6.08. The smallest absolute Gasteiger partial charge is 0.338 e. The van der Waals surface area contributed by atoms with Crippen LogP contribution in [0.5, 0.6) is 0 Å². The molecule has 0 saturated carbocycles. The molecule has 6 nitrogen and oxygen atoms in total. The first kappa shape index (κ1) is 22.9. The lowest BCUT2D eigenvalue weighted by Crippen LogP contribution is -2.13. The fraction of sp³-hybridized carbons (Fsp3) is 0.148. The number of hydrogen-bond acceptors (Lipinski definition) is 5. The zero-order valence-corrected chi connectivity index (χ0v) is 18.6. The third-order valence-electron chi connectivity index (χ3n) is 5.15. The maximum absolute atomic E-state index is 13.2. The molecule has 7 heteroatoms. The van der Waals surface area contributed by atoms with Gasteiger partial charge in [0.25, 0.3) is 5.91 Å². The molecule has 1 N–H and O–H groups in total. The highest BCUT2D eigenvalue weighted by atomic mass is 19.1. The van der Waals surface area contributed by atoms with Crippen LogP contribution >= 0.6 is 0 Å². The van der Waals surface area contributed by atoms with Gasteiger partial charge in [-0.1, -0.05) is 25.5 Å². The zero-order chi connectivity index (χ0) is 23.9. The predicted octanol–water partition coefficient (Wildman–Crippen LogP) is 6.36. The van der Waals surface area contributed by atoms with Gasteiger partial charge in [-0.2, -0.15) is 0 Å². The number of carbonyl (C=O) groups excluding carboxylic acids is 2. The fourth-order valence-electron chi connectivity index (χ4n) is 3.29. The van der Waals surface area contributed by atoms with E-state index >= 15 is 0 Å². The molecule has 0 saturated heterocycles. The molecule has 0 bridgehead atoms. The molecule has 172 valence electrons. The number of esters is 1. The van der Waals surface area contributed by atoms with Gasteiger partial charge in [-0.15, -0.1) is 0 Å². The van der Waals surface area contributed by atoms with Crippen LogP contribution in [0.15, 0.2) is 83.4 Å². The molecule has 1 amide bonds. The number of ether oxygens (including phenoxy) is 1. The molecule has 0 spiro atoms. The lowest BCUT2D eigenvalue weighted by atomic mass is 10.1. The number of aromatic nitrogens is 1. The third kappa shape index (κ3) is 5.38. The van der Waals surface area contributed by atoms with Gasteiger partial charge in [0.1, 0.15) is 5.82 Å². The number of oxazole rings is 1. The van der Waals surface area contributed by atoms with Crippen LogP contribution in [0, 0.1) is 5.82 Å². The Labute approximate surface area is 196 Å². The van der Waals surface area contributed by atoms with Gasteiger partial charge in [-0.25, -0.2) is 14.2 Å². The summed E-state index contributed by atoms with van der Waals surface area (Å²) in [5, 5.41) is 2.83. The number of benzene rings is 3. The Morgan fingerprint density at radius 1 is 1.00 bits per heavy atom. The molecule has 4 rings (SSSR count). The van der Waals surface area contributed by atoms with Gasteiger partial charge in [0.15, 0.2) is 5.76 Å². The Hall–Kier alpha value is -4.26. The van der Waals surface area contributed by atoms with Crippen molar-refractivity contribution in [3.63, 3.8) is 0 Å². The van der Waals surface area contributed by atoms with Crippen LogP contribution in [-0.2, 0) is 4.74 Å². The summed E-state index contributed by atoms with van der Waals surface area (Å²) in [6, 6.07) is 19.3. The minimum Gasteiger partial charge on any atom is -0.462 e. The molecule has 0 atom stereocenters. The monoisotopic (exact) mass is 458 g/mol. The fourth-order valence-corrected chi connectivity index (χ4v) is 3.29. The van der Waals surface area contributed by atoms with Crippen molar-refractivity contribution in [3.05, 3.63) is 95.9 Å². The number of nitrogens with one attached hydrogen (secondary N) is 1. The summed E-state index contributed by atoms with van der Waals surface area (Å²) < 4.78 is 24.3. The Balaban J connectivity index is 1.49. The first-order valence-corrected chi connectivity index (χ1v) is 10.9. The topological polar surface area (TPSA) is 81.4 Å². The largest absolute Gasteiger partial charge is 0.462 e. The van der Waals surface area contributed by atoms with Gasteiger partial charge >= 0.3 is 5.97 Å². The summed E-state index contributed by atoms with van der Waals surface area (Å²) in [6.07, 6.45) is 3.30. The molecule has 0 aliphatic rings. The Morgan fingerprint density at radius 3 is 2.47 bits per heavy atom. The number of anilines is 1. The van der Waals surface area contributed by atoms with Crippen molar-refractivity contribution in [2.45, 2.75) is 19.8 Å². The number of nitrogens with zero attached hydrogens (tertiary/aromatic N) is 1. The second kappa shape index (κ2) is 10.6. The van der Waals surface area contributed by atoms with Crippen LogP contribution in [0.2, 0.25) is 0 Å². The van der Waals surface area contributed by atoms with Gasteiger partial charge in [-0.3, -0.25) is 4.79 Å². The summed E-state index contributed by atoms with van der Waals surface area (Å²) >= 11 is 0. The maximum Gasteiger partial charge on any atom is 0.338 e. The van der Waals surface area contributed by atoms with E-state index < -0.39 is 5.97 Å². The van der Waals surface area contributed by atoms with E-state index in [-0.39, 0.29) is 17.6 Å². The molecule has 0 radical (unpaired) electrons. The molecular weight excluding hydrogens is 435 g/mol. The molecule has 34 heavy (non-hydrogen) atoms. The van der Waals surface area contributed by atoms with Crippen molar-refractivity contribution in [1.29, 1.82) is 0 Å². The molecule has 0 aliphatic carbocycles. The average molecular weight is 458 g/mol. The van der Waals surface area contributed by atoms with E-state index in [1.165, 1.54) is 18.3 Å². The quantitative estimate of drug-likeness (QED) is 0.246. The minimum absolute atomic E-state index is 0.273.